The van der Waals surface area contributed by atoms with E-state index in [1.807, 2.05) is 0 Å². The third-order valence-electron chi connectivity index (χ3n) is 3.37. The van der Waals surface area contributed by atoms with Crippen molar-refractivity contribution in [2.45, 2.75) is 11.8 Å². The number of carbonyl (C=O) groups excluding carboxylic acids is 1. The molecule has 0 N–H and O–H groups in total. The van der Waals surface area contributed by atoms with Crippen LogP contribution in [0, 0.1) is 0 Å². The number of alkyl halides is 3. The first kappa shape index (κ1) is 16.9. The fourth-order valence-corrected chi connectivity index (χ4v) is 2.32. The van der Waals surface area contributed by atoms with Crippen LogP contribution in [0.3, 0.4) is 0 Å². The average Bonchev–Trinajstić information content (AvgIpc) is 2.42. The van der Waals surface area contributed by atoms with Gasteiger partial charge in [-0.05, 0) is 17.7 Å². The summed E-state index contributed by atoms with van der Waals surface area (Å²) in [6.45, 7) is -0.0633. The van der Waals surface area contributed by atoms with Crippen LogP contribution in [-0.2, 0) is 20.0 Å². The van der Waals surface area contributed by atoms with Gasteiger partial charge in [-0.2, -0.15) is 13.2 Å². The van der Waals surface area contributed by atoms with Gasteiger partial charge in [-0.3, -0.25) is 0 Å². The minimum atomic E-state index is -5.03. The Morgan fingerprint density at radius 1 is 1.32 bits per heavy atom. The Labute approximate surface area is 129 Å². The van der Waals surface area contributed by atoms with E-state index in [0.29, 0.717) is 16.3 Å². The van der Waals surface area contributed by atoms with Crippen LogP contribution in [-0.4, -0.2) is 44.5 Å². The van der Waals surface area contributed by atoms with Crippen molar-refractivity contribution >= 4 is 17.6 Å². The van der Waals surface area contributed by atoms with Gasteiger partial charge in [0.1, 0.15) is 11.4 Å². The number of carbonyl (C=O) groups is 1. The number of benzene rings is 1. The quantitative estimate of drug-likeness (QED) is 0.843. The SMILES string of the molecule is COc1cc(C2(OC)CN(OC(=O)C(F)(F)F)C2)ccc1Cl. The van der Waals surface area contributed by atoms with Crippen molar-refractivity contribution in [1.82, 2.24) is 5.06 Å². The zero-order valence-electron chi connectivity index (χ0n) is 11.7. The number of hydrogen-bond acceptors (Lipinski definition) is 5. The van der Waals surface area contributed by atoms with Crippen molar-refractivity contribution in [2.75, 3.05) is 27.3 Å². The van der Waals surface area contributed by atoms with Gasteiger partial charge in [0, 0.05) is 7.11 Å². The van der Waals surface area contributed by atoms with Gasteiger partial charge < -0.3 is 14.3 Å². The molecule has 0 aromatic heterocycles. The lowest BCUT2D eigenvalue weighted by molar-refractivity contribution is -0.292. The molecule has 0 radical (unpaired) electrons. The van der Waals surface area contributed by atoms with E-state index in [4.69, 9.17) is 21.1 Å². The van der Waals surface area contributed by atoms with E-state index in [2.05, 4.69) is 4.84 Å². The highest BCUT2D eigenvalue weighted by Gasteiger charge is 2.50. The lowest BCUT2D eigenvalue weighted by atomic mass is 9.87. The maximum absolute atomic E-state index is 12.1. The van der Waals surface area contributed by atoms with Crippen LogP contribution in [0.5, 0.6) is 5.75 Å². The number of rotatable bonds is 4. The summed E-state index contributed by atoms with van der Waals surface area (Å²) >= 11 is 5.93. The summed E-state index contributed by atoms with van der Waals surface area (Å²) in [7, 11) is 2.87. The molecule has 1 aromatic rings. The second-order valence-electron chi connectivity index (χ2n) is 4.72. The van der Waals surface area contributed by atoms with Crippen LogP contribution in [0.1, 0.15) is 5.56 Å². The van der Waals surface area contributed by atoms with Crippen LogP contribution >= 0.6 is 11.6 Å². The van der Waals surface area contributed by atoms with Crippen molar-refractivity contribution < 1.29 is 32.3 Å². The second kappa shape index (κ2) is 5.94. The minimum Gasteiger partial charge on any atom is -0.495 e. The van der Waals surface area contributed by atoms with E-state index in [1.54, 1.807) is 18.2 Å². The first-order valence-electron chi connectivity index (χ1n) is 6.15. The molecule has 1 aliphatic heterocycles. The number of hydroxylamine groups is 2. The predicted molar refractivity (Wildman–Crippen MR) is 70.4 cm³/mol. The standard InChI is InChI=1S/C13H13ClF3NO4/c1-20-10-5-8(3-4-9(10)14)12(21-2)6-18(7-12)22-11(19)13(15,16)17/h3-5H,6-7H2,1-2H3. The van der Waals surface area contributed by atoms with Crippen LogP contribution in [0.2, 0.25) is 5.02 Å². The van der Waals surface area contributed by atoms with E-state index < -0.39 is 17.7 Å². The number of methoxy groups -OCH3 is 2. The van der Waals surface area contributed by atoms with Gasteiger partial charge >= 0.3 is 12.1 Å². The number of nitrogens with zero attached hydrogens (tertiary/aromatic N) is 1. The van der Waals surface area contributed by atoms with E-state index in [-0.39, 0.29) is 13.1 Å². The lowest BCUT2D eigenvalue weighted by Crippen LogP contribution is -2.61. The molecule has 0 saturated carbocycles. The third kappa shape index (κ3) is 3.13. The minimum absolute atomic E-state index is 0.0316. The summed E-state index contributed by atoms with van der Waals surface area (Å²) < 4.78 is 46.9. The molecule has 1 heterocycles. The zero-order chi connectivity index (χ0) is 16.5. The fourth-order valence-electron chi connectivity index (χ4n) is 2.13. The Morgan fingerprint density at radius 2 is 1.95 bits per heavy atom. The summed E-state index contributed by atoms with van der Waals surface area (Å²) in [6.07, 6.45) is -5.03. The van der Waals surface area contributed by atoms with E-state index in [0.717, 1.165) is 5.06 Å². The van der Waals surface area contributed by atoms with E-state index >= 15 is 0 Å². The van der Waals surface area contributed by atoms with Gasteiger partial charge in [-0.1, -0.05) is 17.7 Å². The van der Waals surface area contributed by atoms with E-state index in [9.17, 15) is 18.0 Å². The third-order valence-corrected chi connectivity index (χ3v) is 3.69. The number of hydrogen-bond donors (Lipinski definition) is 0. The Bertz CT molecular complexity index is 573. The molecule has 5 nitrogen and oxygen atoms in total. The number of ether oxygens (including phenoxy) is 2. The van der Waals surface area contributed by atoms with Crippen LogP contribution in [0.15, 0.2) is 18.2 Å². The molecule has 1 aromatic carbocycles. The predicted octanol–water partition coefficient (Wildman–Crippen LogP) is 2.53. The van der Waals surface area contributed by atoms with Gasteiger partial charge in [0.2, 0.25) is 0 Å². The molecule has 0 aliphatic carbocycles. The molecule has 0 bridgehead atoms. The first-order chi connectivity index (χ1) is 10.2. The van der Waals surface area contributed by atoms with Crippen molar-refractivity contribution in [3.8, 4) is 5.75 Å². The number of halogens is 4. The largest absolute Gasteiger partial charge is 0.495 e. The Hall–Kier alpha value is -1.51. The molecule has 0 unspecified atom stereocenters. The molecular formula is C13H13ClF3NO4. The van der Waals surface area contributed by atoms with Crippen molar-refractivity contribution in [3.05, 3.63) is 28.8 Å². The molecular weight excluding hydrogens is 327 g/mol. The van der Waals surface area contributed by atoms with Gasteiger partial charge in [-0.25, -0.2) is 4.79 Å². The first-order valence-corrected chi connectivity index (χ1v) is 6.53. The molecule has 122 valence electrons. The van der Waals surface area contributed by atoms with E-state index in [1.165, 1.54) is 14.2 Å². The summed E-state index contributed by atoms with van der Waals surface area (Å²) in [6, 6.07) is 4.91. The van der Waals surface area contributed by atoms with Gasteiger partial charge in [-0.15, -0.1) is 5.06 Å². The smallest absolute Gasteiger partial charge is 0.492 e. The maximum atomic E-state index is 12.1. The summed E-state index contributed by atoms with van der Waals surface area (Å²) in [4.78, 5) is 15.0. The monoisotopic (exact) mass is 339 g/mol. The summed E-state index contributed by atoms with van der Waals surface area (Å²) in [5.74, 6) is -1.84. The van der Waals surface area contributed by atoms with Gasteiger partial charge in [0.15, 0.2) is 0 Å². The average molecular weight is 340 g/mol. The molecule has 2 rings (SSSR count). The molecule has 0 atom stereocenters. The summed E-state index contributed by atoms with van der Waals surface area (Å²) in [5, 5.41) is 1.29. The Kier molecular flexibility index (Phi) is 4.55. The highest BCUT2D eigenvalue weighted by Crippen LogP contribution is 2.39. The molecule has 0 amide bonds. The van der Waals surface area contributed by atoms with Gasteiger partial charge in [0.05, 0.1) is 25.2 Å². The normalized spacial score (nSPS) is 17.7. The zero-order valence-corrected chi connectivity index (χ0v) is 12.5. The fraction of sp³-hybridized carbons (Fsp3) is 0.462. The summed E-state index contributed by atoms with van der Waals surface area (Å²) in [5.41, 5.74) is -0.223. The molecule has 0 spiro atoms. The van der Waals surface area contributed by atoms with Gasteiger partial charge in [0.25, 0.3) is 0 Å². The van der Waals surface area contributed by atoms with Crippen molar-refractivity contribution in [2.24, 2.45) is 0 Å². The topological polar surface area (TPSA) is 48.0 Å². The highest BCUT2D eigenvalue weighted by atomic mass is 35.5. The molecule has 22 heavy (non-hydrogen) atoms. The highest BCUT2D eigenvalue weighted by molar-refractivity contribution is 6.32. The lowest BCUT2D eigenvalue weighted by Gasteiger charge is -2.47. The Morgan fingerprint density at radius 3 is 2.45 bits per heavy atom. The maximum Gasteiger partial charge on any atom is 0.492 e. The van der Waals surface area contributed by atoms with Crippen molar-refractivity contribution in [1.29, 1.82) is 0 Å². The Balaban J connectivity index is 2.10. The molecule has 9 heteroatoms. The van der Waals surface area contributed by atoms with Crippen LogP contribution < -0.4 is 4.74 Å². The van der Waals surface area contributed by atoms with Crippen molar-refractivity contribution in [3.63, 3.8) is 0 Å². The molecule has 1 fully saturated rings. The molecule has 1 saturated heterocycles. The van der Waals surface area contributed by atoms with Crippen LogP contribution in [0.4, 0.5) is 13.2 Å². The second-order valence-corrected chi connectivity index (χ2v) is 5.13. The van der Waals surface area contributed by atoms with Crippen LogP contribution in [0.25, 0.3) is 0 Å². The molecule has 1 aliphatic rings.